The van der Waals surface area contributed by atoms with Gasteiger partial charge in [0.15, 0.2) is 0 Å². The topological polar surface area (TPSA) is 76.5 Å². The number of aromatic nitrogens is 2. The molecule has 2 amide bonds. The number of carbonyl (C=O) groups excluding carboxylic acids is 2. The van der Waals surface area contributed by atoms with Crippen LogP contribution in [0.2, 0.25) is 0 Å². The molecule has 1 atom stereocenters. The second kappa shape index (κ2) is 11.3. The zero-order valence-electron chi connectivity index (χ0n) is 21.9. The minimum absolute atomic E-state index is 0.0864. The number of amides is 2. The summed E-state index contributed by atoms with van der Waals surface area (Å²) in [6, 6.07) is 23.3. The van der Waals surface area contributed by atoms with Gasteiger partial charge in [0.25, 0.3) is 0 Å². The molecule has 1 aromatic heterocycles. The fourth-order valence-corrected chi connectivity index (χ4v) is 5.95. The zero-order valence-corrected chi connectivity index (χ0v) is 22.7. The summed E-state index contributed by atoms with van der Waals surface area (Å²) in [7, 11) is 1.62. The van der Waals surface area contributed by atoms with Crippen molar-refractivity contribution in [2.24, 2.45) is 0 Å². The Morgan fingerprint density at radius 2 is 1.77 bits per heavy atom. The van der Waals surface area contributed by atoms with E-state index in [4.69, 9.17) is 9.84 Å². The molecule has 2 heterocycles. The number of para-hydroxylation sites is 1. The standard InChI is InChI=1S/C30H29FN4O3S/c1-19(2)32-25(36)17-34-26(37)18-39-29(23-11-7-8-12-24(23)38-3)27-28(20-9-5-4-6-10-20)33-35(30(27)34)22-15-13-21(31)14-16-22/h4-16,19,29H,17-18H2,1-3H3,(H,32,36). The molecule has 0 fully saturated rings. The lowest BCUT2D eigenvalue weighted by Crippen LogP contribution is -2.44. The van der Waals surface area contributed by atoms with Crippen LogP contribution >= 0.6 is 11.8 Å². The highest BCUT2D eigenvalue weighted by Crippen LogP contribution is 2.50. The molecule has 1 aliphatic rings. The van der Waals surface area contributed by atoms with Gasteiger partial charge in [0.2, 0.25) is 11.8 Å². The number of anilines is 1. The van der Waals surface area contributed by atoms with Gasteiger partial charge >= 0.3 is 0 Å². The normalized spacial score (nSPS) is 15.2. The van der Waals surface area contributed by atoms with Gasteiger partial charge < -0.3 is 10.1 Å². The molecule has 1 unspecified atom stereocenters. The summed E-state index contributed by atoms with van der Waals surface area (Å²) in [5.74, 6) is 0.424. The van der Waals surface area contributed by atoms with E-state index in [1.54, 1.807) is 23.9 Å². The highest BCUT2D eigenvalue weighted by molar-refractivity contribution is 8.00. The smallest absolute Gasteiger partial charge is 0.240 e. The minimum Gasteiger partial charge on any atom is -0.496 e. The summed E-state index contributed by atoms with van der Waals surface area (Å²) in [6.45, 7) is 3.57. The molecule has 4 aromatic rings. The average Bonchev–Trinajstić information content (AvgIpc) is 3.26. The number of hydrogen-bond donors (Lipinski definition) is 1. The third kappa shape index (κ3) is 5.40. The fraction of sp³-hybridized carbons (Fsp3) is 0.233. The van der Waals surface area contributed by atoms with Crippen molar-refractivity contribution in [3.8, 4) is 22.7 Å². The predicted octanol–water partition coefficient (Wildman–Crippen LogP) is 5.38. The number of methoxy groups -OCH3 is 1. The number of benzene rings is 3. The van der Waals surface area contributed by atoms with Gasteiger partial charge in [-0.05, 0) is 44.2 Å². The maximum atomic E-state index is 13.9. The monoisotopic (exact) mass is 544 g/mol. The quantitative estimate of drug-likeness (QED) is 0.338. The average molecular weight is 545 g/mol. The van der Waals surface area contributed by atoms with Crippen LogP contribution in [0.5, 0.6) is 5.75 Å². The van der Waals surface area contributed by atoms with Crippen molar-refractivity contribution in [3.63, 3.8) is 0 Å². The molecule has 3 aromatic carbocycles. The molecule has 0 saturated heterocycles. The van der Waals surface area contributed by atoms with Crippen molar-refractivity contribution < 1.29 is 18.7 Å². The Hall–Kier alpha value is -4.11. The van der Waals surface area contributed by atoms with Crippen LogP contribution in [0.1, 0.15) is 30.2 Å². The van der Waals surface area contributed by atoms with Crippen LogP contribution in [0.3, 0.4) is 0 Å². The predicted molar refractivity (Wildman–Crippen MR) is 152 cm³/mol. The van der Waals surface area contributed by atoms with Gasteiger partial charge in [-0.1, -0.05) is 48.5 Å². The first kappa shape index (κ1) is 26.5. The summed E-state index contributed by atoms with van der Waals surface area (Å²) in [5, 5.41) is 7.56. The first-order valence-electron chi connectivity index (χ1n) is 12.7. The molecule has 1 aliphatic heterocycles. The number of carbonyl (C=O) groups is 2. The number of halogens is 1. The van der Waals surface area contributed by atoms with Crippen molar-refractivity contribution in [2.75, 3.05) is 24.3 Å². The summed E-state index contributed by atoms with van der Waals surface area (Å²) < 4.78 is 21.3. The summed E-state index contributed by atoms with van der Waals surface area (Å²) in [4.78, 5) is 28.2. The third-order valence-corrected chi connectivity index (χ3v) is 7.62. The van der Waals surface area contributed by atoms with Crippen LogP contribution < -0.4 is 15.0 Å². The highest BCUT2D eigenvalue weighted by Gasteiger charge is 2.38. The second-order valence-electron chi connectivity index (χ2n) is 9.48. The molecule has 0 aliphatic carbocycles. The molecule has 0 spiro atoms. The first-order chi connectivity index (χ1) is 18.9. The maximum absolute atomic E-state index is 13.9. The van der Waals surface area contributed by atoms with Crippen molar-refractivity contribution in [1.82, 2.24) is 15.1 Å². The van der Waals surface area contributed by atoms with E-state index in [0.717, 1.165) is 16.7 Å². The zero-order chi connectivity index (χ0) is 27.5. The Balaban J connectivity index is 1.81. The van der Waals surface area contributed by atoms with Crippen molar-refractivity contribution in [3.05, 3.63) is 95.8 Å². The SMILES string of the molecule is COc1ccccc1C1SCC(=O)N(CC(=O)NC(C)C)c2c1c(-c1ccccc1)nn2-c1ccc(F)cc1. The fourth-order valence-electron chi connectivity index (χ4n) is 4.73. The van der Waals surface area contributed by atoms with Crippen LogP contribution in [0.4, 0.5) is 10.2 Å². The van der Waals surface area contributed by atoms with Gasteiger partial charge in [-0.15, -0.1) is 11.8 Å². The summed E-state index contributed by atoms with van der Waals surface area (Å²) in [6.07, 6.45) is 0. The number of hydrogen-bond acceptors (Lipinski definition) is 5. The van der Waals surface area contributed by atoms with Crippen molar-refractivity contribution in [1.29, 1.82) is 0 Å². The lowest BCUT2D eigenvalue weighted by atomic mass is 9.99. The summed E-state index contributed by atoms with van der Waals surface area (Å²) >= 11 is 1.47. The molecule has 0 bridgehead atoms. The Bertz CT molecular complexity index is 1490. The van der Waals surface area contributed by atoms with Crippen LogP contribution in [0.25, 0.3) is 16.9 Å². The molecule has 200 valence electrons. The van der Waals surface area contributed by atoms with E-state index in [1.807, 2.05) is 68.4 Å². The largest absolute Gasteiger partial charge is 0.496 e. The van der Waals surface area contributed by atoms with Gasteiger partial charge in [0, 0.05) is 22.7 Å². The molecule has 0 saturated carbocycles. The Morgan fingerprint density at radius 3 is 2.46 bits per heavy atom. The molecular formula is C30H29FN4O3S. The third-order valence-electron chi connectivity index (χ3n) is 6.38. The molecule has 39 heavy (non-hydrogen) atoms. The Kier molecular flexibility index (Phi) is 7.70. The molecule has 7 nitrogen and oxygen atoms in total. The van der Waals surface area contributed by atoms with Crippen molar-refractivity contribution >= 4 is 29.4 Å². The Morgan fingerprint density at radius 1 is 1.08 bits per heavy atom. The van der Waals surface area contributed by atoms with Crippen LogP contribution in [0, 0.1) is 5.82 Å². The van der Waals surface area contributed by atoms with E-state index >= 15 is 0 Å². The molecule has 0 radical (unpaired) electrons. The number of thioether (sulfide) groups is 1. The number of nitrogens with one attached hydrogen (secondary N) is 1. The van der Waals surface area contributed by atoms with E-state index in [9.17, 15) is 14.0 Å². The van der Waals surface area contributed by atoms with Gasteiger partial charge in [0.05, 0.1) is 29.5 Å². The maximum Gasteiger partial charge on any atom is 0.240 e. The molecule has 9 heteroatoms. The van der Waals surface area contributed by atoms with Gasteiger partial charge in [-0.2, -0.15) is 5.10 Å². The van der Waals surface area contributed by atoms with E-state index in [2.05, 4.69) is 5.32 Å². The molecular weight excluding hydrogens is 515 g/mol. The minimum atomic E-state index is -0.382. The number of rotatable bonds is 7. The van der Waals surface area contributed by atoms with E-state index in [-0.39, 0.29) is 41.2 Å². The number of ether oxygens (including phenoxy) is 1. The second-order valence-corrected chi connectivity index (χ2v) is 10.6. The summed E-state index contributed by atoms with van der Waals surface area (Å²) in [5.41, 5.74) is 3.77. The molecule has 5 rings (SSSR count). The number of fused-ring (bicyclic) bond motifs is 1. The van der Waals surface area contributed by atoms with Gasteiger partial charge in [-0.25, -0.2) is 9.07 Å². The van der Waals surface area contributed by atoms with E-state index < -0.39 is 0 Å². The Labute approximate surface area is 231 Å². The number of nitrogens with zero attached hydrogens (tertiary/aromatic N) is 3. The lowest BCUT2D eigenvalue weighted by Gasteiger charge is -2.24. The van der Waals surface area contributed by atoms with Gasteiger partial charge in [0.1, 0.15) is 23.9 Å². The van der Waals surface area contributed by atoms with Crippen LogP contribution in [0.15, 0.2) is 78.9 Å². The molecule has 1 N–H and O–H groups in total. The highest BCUT2D eigenvalue weighted by atomic mass is 32.2. The van der Waals surface area contributed by atoms with E-state index in [1.165, 1.54) is 28.8 Å². The van der Waals surface area contributed by atoms with Gasteiger partial charge in [-0.3, -0.25) is 14.5 Å². The van der Waals surface area contributed by atoms with Crippen molar-refractivity contribution in [2.45, 2.75) is 25.1 Å². The van der Waals surface area contributed by atoms with Crippen LogP contribution in [-0.4, -0.2) is 47.0 Å². The van der Waals surface area contributed by atoms with E-state index in [0.29, 0.717) is 22.9 Å². The lowest BCUT2D eigenvalue weighted by molar-refractivity contribution is -0.123. The first-order valence-corrected chi connectivity index (χ1v) is 13.7. The van der Waals surface area contributed by atoms with Crippen LogP contribution in [-0.2, 0) is 9.59 Å².